The van der Waals surface area contributed by atoms with Gasteiger partial charge in [-0.05, 0) is 24.6 Å². The van der Waals surface area contributed by atoms with E-state index in [0.29, 0.717) is 12.0 Å². The van der Waals surface area contributed by atoms with E-state index in [-0.39, 0.29) is 10.6 Å². The number of benzene rings is 1. The molecule has 15 heavy (non-hydrogen) atoms. The molecule has 0 aromatic heterocycles. The quantitative estimate of drug-likeness (QED) is 0.785. The molecule has 0 unspecified atom stereocenters. The van der Waals surface area contributed by atoms with Gasteiger partial charge in [-0.1, -0.05) is 19.4 Å². The summed E-state index contributed by atoms with van der Waals surface area (Å²) in [5, 5.41) is 8.66. The number of unbranched alkanes of at least 4 members (excludes halogenated alkanes) is 1. The SMILES string of the molecule is CCCCS(=O)(=O)c1cccc(C#N)c1. The van der Waals surface area contributed by atoms with E-state index >= 15 is 0 Å². The average molecular weight is 223 g/mol. The summed E-state index contributed by atoms with van der Waals surface area (Å²) in [6.07, 6.45) is 1.50. The molecule has 0 heterocycles. The van der Waals surface area contributed by atoms with Crippen molar-refractivity contribution >= 4 is 9.84 Å². The van der Waals surface area contributed by atoms with Crippen LogP contribution in [0.1, 0.15) is 25.3 Å². The van der Waals surface area contributed by atoms with Crippen LogP contribution in [-0.2, 0) is 9.84 Å². The Balaban J connectivity index is 3.01. The summed E-state index contributed by atoms with van der Waals surface area (Å²) < 4.78 is 23.5. The Morgan fingerprint density at radius 2 is 2.13 bits per heavy atom. The summed E-state index contributed by atoms with van der Waals surface area (Å²) >= 11 is 0. The lowest BCUT2D eigenvalue weighted by atomic mass is 10.2. The van der Waals surface area contributed by atoms with Gasteiger partial charge in [-0.15, -0.1) is 0 Å². The van der Waals surface area contributed by atoms with E-state index in [1.807, 2.05) is 13.0 Å². The zero-order valence-electron chi connectivity index (χ0n) is 8.60. The highest BCUT2D eigenvalue weighted by Crippen LogP contribution is 2.14. The monoisotopic (exact) mass is 223 g/mol. The number of nitrogens with zero attached hydrogens (tertiary/aromatic N) is 1. The summed E-state index contributed by atoms with van der Waals surface area (Å²) in [6, 6.07) is 8.08. The van der Waals surface area contributed by atoms with E-state index in [4.69, 9.17) is 5.26 Å². The molecule has 0 spiro atoms. The molecule has 0 aliphatic carbocycles. The van der Waals surface area contributed by atoms with Gasteiger partial charge in [0.2, 0.25) is 0 Å². The van der Waals surface area contributed by atoms with Gasteiger partial charge in [-0.3, -0.25) is 0 Å². The van der Waals surface area contributed by atoms with Gasteiger partial charge in [-0.25, -0.2) is 8.42 Å². The van der Waals surface area contributed by atoms with Crippen molar-refractivity contribution in [2.45, 2.75) is 24.7 Å². The second-order valence-electron chi connectivity index (χ2n) is 3.31. The fourth-order valence-electron chi connectivity index (χ4n) is 1.21. The highest BCUT2D eigenvalue weighted by molar-refractivity contribution is 7.91. The second kappa shape index (κ2) is 4.94. The predicted molar refractivity (Wildman–Crippen MR) is 58.1 cm³/mol. The Bertz CT molecular complexity index is 472. The molecule has 0 fully saturated rings. The maximum Gasteiger partial charge on any atom is 0.178 e. The third kappa shape index (κ3) is 3.07. The summed E-state index contributed by atoms with van der Waals surface area (Å²) in [7, 11) is -3.21. The molecule has 4 heteroatoms. The lowest BCUT2D eigenvalue weighted by molar-refractivity contribution is 0.592. The summed E-state index contributed by atoms with van der Waals surface area (Å²) in [5.41, 5.74) is 0.382. The largest absolute Gasteiger partial charge is 0.224 e. The van der Waals surface area contributed by atoms with Crippen molar-refractivity contribution in [1.29, 1.82) is 5.26 Å². The average Bonchev–Trinajstić information content (AvgIpc) is 2.26. The predicted octanol–water partition coefficient (Wildman–Crippen LogP) is 2.13. The van der Waals surface area contributed by atoms with Gasteiger partial charge >= 0.3 is 0 Å². The highest BCUT2D eigenvalue weighted by atomic mass is 32.2. The molecule has 0 saturated heterocycles. The molecule has 0 bridgehead atoms. The highest BCUT2D eigenvalue weighted by Gasteiger charge is 2.13. The van der Waals surface area contributed by atoms with Gasteiger partial charge in [0, 0.05) is 0 Å². The van der Waals surface area contributed by atoms with Crippen molar-refractivity contribution in [3.8, 4) is 6.07 Å². The van der Waals surface area contributed by atoms with Crippen LogP contribution in [0.15, 0.2) is 29.2 Å². The van der Waals surface area contributed by atoms with Crippen molar-refractivity contribution < 1.29 is 8.42 Å². The second-order valence-corrected chi connectivity index (χ2v) is 5.42. The lowest BCUT2D eigenvalue weighted by Gasteiger charge is -2.03. The van der Waals surface area contributed by atoms with Gasteiger partial charge in [-0.2, -0.15) is 5.26 Å². The van der Waals surface area contributed by atoms with E-state index in [9.17, 15) is 8.42 Å². The van der Waals surface area contributed by atoms with Crippen LogP contribution in [0.3, 0.4) is 0 Å². The van der Waals surface area contributed by atoms with Crippen molar-refractivity contribution in [2.75, 3.05) is 5.75 Å². The van der Waals surface area contributed by atoms with Gasteiger partial charge in [0.05, 0.1) is 22.3 Å². The molecule has 1 aromatic carbocycles. The molecular weight excluding hydrogens is 210 g/mol. The molecule has 0 amide bonds. The zero-order chi connectivity index (χ0) is 11.3. The third-order valence-corrected chi connectivity index (χ3v) is 3.89. The molecule has 1 aromatic rings. The van der Waals surface area contributed by atoms with E-state index in [1.54, 1.807) is 12.1 Å². The first-order valence-corrected chi connectivity index (χ1v) is 6.48. The van der Waals surface area contributed by atoms with E-state index in [1.165, 1.54) is 12.1 Å². The smallest absolute Gasteiger partial charge is 0.178 e. The number of nitriles is 1. The van der Waals surface area contributed by atoms with Crippen molar-refractivity contribution in [1.82, 2.24) is 0 Å². The van der Waals surface area contributed by atoms with Gasteiger partial charge in [0.1, 0.15) is 0 Å². The van der Waals surface area contributed by atoms with Crippen molar-refractivity contribution in [3.63, 3.8) is 0 Å². The van der Waals surface area contributed by atoms with E-state index in [0.717, 1.165) is 6.42 Å². The van der Waals surface area contributed by atoms with Gasteiger partial charge < -0.3 is 0 Å². The molecule has 0 atom stereocenters. The normalized spacial score (nSPS) is 10.9. The minimum absolute atomic E-state index is 0.151. The fourth-order valence-corrected chi connectivity index (χ4v) is 2.71. The molecule has 0 aliphatic rings. The Hall–Kier alpha value is -1.34. The maximum absolute atomic E-state index is 11.7. The zero-order valence-corrected chi connectivity index (χ0v) is 9.42. The van der Waals surface area contributed by atoms with Crippen LogP contribution in [0, 0.1) is 11.3 Å². The van der Waals surface area contributed by atoms with Crippen molar-refractivity contribution in [3.05, 3.63) is 29.8 Å². The van der Waals surface area contributed by atoms with Crippen molar-refractivity contribution in [2.24, 2.45) is 0 Å². The van der Waals surface area contributed by atoms with E-state index in [2.05, 4.69) is 0 Å². The van der Waals surface area contributed by atoms with Crippen LogP contribution >= 0.6 is 0 Å². The number of rotatable bonds is 4. The summed E-state index contributed by atoms with van der Waals surface area (Å²) in [6.45, 7) is 1.95. The number of hydrogen-bond acceptors (Lipinski definition) is 3. The standard InChI is InChI=1S/C11H13NO2S/c1-2-3-7-15(13,14)11-6-4-5-10(8-11)9-12/h4-6,8H,2-3,7H2,1H3. The molecule has 1 rings (SSSR count). The van der Waals surface area contributed by atoms with Gasteiger partial charge in [0.25, 0.3) is 0 Å². The fraction of sp³-hybridized carbons (Fsp3) is 0.364. The third-order valence-electron chi connectivity index (χ3n) is 2.09. The summed E-state index contributed by atoms with van der Waals surface area (Å²) in [5.74, 6) is 0.151. The van der Waals surface area contributed by atoms with E-state index < -0.39 is 9.84 Å². The molecule has 3 nitrogen and oxygen atoms in total. The van der Waals surface area contributed by atoms with Crippen LogP contribution in [0.4, 0.5) is 0 Å². The van der Waals surface area contributed by atoms with Crippen LogP contribution in [0.25, 0.3) is 0 Å². The Labute approximate surface area is 90.3 Å². The minimum atomic E-state index is -3.21. The maximum atomic E-state index is 11.7. The molecule has 0 radical (unpaired) electrons. The molecule has 0 aliphatic heterocycles. The Kier molecular flexibility index (Phi) is 3.87. The first kappa shape index (κ1) is 11.7. The molecular formula is C11H13NO2S. The van der Waals surface area contributed by atoms with Crippen LogP contribution in [0.5, 0.6) is 0 Å². The van der Waals surface area contributed by atoms with Gasteiger partial charge in [0.15, 0.2) is 9.84 Å². The first-order valence-electron chi connectivity index (χ1n) is 4.83. The van der Waals surface area contributed by atoms with Crippen LogP contribution < -0.4 is 0 Å². The number of hydrogen-bond donors (Lipinski definition) is 0. The topological polar surface area (TPSA) is 57.9 Å². The van der Waals surface area contributed by atoms with Crippen LogP contribution in [-0.4, -0.2) is 14.2 Å². The molecule has 0 saturated carbocycles. The lowest BCUT2D eigenvalue weighted by Crippen LogP contribution is -2.06. The molecule has 80 valence electrons. The Morgan fingerprint density at radius 3 is 2.73 bits per heavy atom. The Morgan fingerprint density at radius 1 is 1.40 bits per heavy atom. The first-order chi connectivity index (χ1) is 7.10. The van der Waals surface area contributed by atoms with Crippen LogP contribution in [0.2, 0.25) is 0 Å². The number of sulfone groups is 1. The minimum Gasteiger partial charge on any atom is -0.224 e. The summed E-state index contributed by atoms with van der Waals surface area (Å²) in [4.78, 5) is 0.245. The molecule has 0 N–H and O–H groups in total.